The Morgan fingerprint density at radius 2 is 1.78 bits per heavy atom. The Labute approximate surface area is 109 Å². The topological polar surface area (TPSA) is 50.8 Å². The summed E-state index contributed by atoms with van der Waals surface area (Å²) in [5, 5.41) is 3.06. The van der Waals surface area contributed by atoms with Gasteiger partial charge in [-0.3, -0.25) is 9.69 Å². The molecule has 2 aliphatic heterocycles. The molecule has 104 valence electrons. The van der Waals surface area contributed by atoms with Gasteiger partial charge in [0, 0.05) is 32.8 Å². The maximum absolute atomic E-state index is 11.9. The van der Waals surface area contributed by atoms with E-state index in [4.69, 9.17) is 9.47 Å². The van der Waals surface area contributed by atoms with Crippen LogP contribution in [0, 0.1) is 5.41 Å². The van der Waals surface area contributed by atoms with Crippen LogP contribution in [0.4, 0.5) is 0 Å². The second-order valence-corrected chi connectivity index (χ2v) is 5.59. The van der Waals surface area contributed by atoms with E-state index in [1.807, 2.05) is 0 Å². The Morgan fingerprint density at radius 3 is 2.44 bits per heavy atom. The first-order chi connectivity index (χ1) is 8.68. The Kier molecular flexibility index (Phi) is 4.97. The molecule has 2 rings (SSSR count). The van der Waals surface area contributed by atoms with Crippen LogP contribution in [0.1, 0.15) is 19.8 Å². The summed E-state index contributed by atoms with van der Waals surface area (Å²) >= 11 is 0. The van der Waals surface area contributed by atoms with E-state index in [-0.39, 0.29) is 11.3 Å². The third-order valence-electron chi connectivity index (χ3n) is 3.88. The van der Waals surface area contributed by atoms with Crippen LogP contribution in [0.2, 0.25) is 0 Å². The third kappa shape index (κ3) is 4.23. The minimum Gasteiger partial charge on any atom is -0.381 e. The molecule has 5 nitrogen and oxygen atoms in total. The summed E-state index contributed by atoms with van der Waals surface area (Å²) < 4.78 is 10.6. The van der Waals surface area contributed by atoms with E-state index in [2.05, 4.69) is 17.1 Å². The molecule has 0 saturated carbocycles. The average molecular weight is 256 g/mol. The zero-order valence-electron chi connectivity index (χ0n) is 11.2. The van der Waals surface area contributed by atoms with Gasteiger partial charge in [-0.25, -0.2) is 0 Å². The summed E-state index contributed by atoms with van der Waals surface area (Å²) in [4.78, 5) is 14.0. The number of carbonyl (C=O) groups excluding carboxylic acids is 1. The molecule has 1 N–H and O–H groups in total. The highest BCUT2D eigenvalue weighted by atomic mass is 16.5. The van der Waals surface area contributed by atoms with Crippen molar-refractivity contribution < 1.29 is 14.3 Å². The molecule has 1 amide bonds. The Balaban J connectivity index is 1.67. The molecule has 0 aromatic carbocycles. The molecule has 0 spiro atoms. The number of carbonyl (C=O) groups is 1. The van der Waals surface area contributed by atoms with Crippen LogP contribution in [-0.2, 0) is 14.3 Å². The standard InChI is InChI=1S/C13H24N2O3/c1-13(2-6-17-7-3-13)11-14-12(16)10-15-4-8-18-9-5-15/h2-11H2,1H3,(H,14,16). The van der Waals surface area contributed by atoms with E-state index in [1.54, 1.807) is 0 Å². The first kappa shape index (κ1) is 13.8. The largest absolute Gasteiger partial charge is 0.381 e. The fraction of sp³-hybridized carbons (Fsp3) is 0.923. The number of hydrogen-bond acceptors (Lipinski definition) is 4. The molecule has 0 unspecified atom stereocenters. The molecule has 2 aliphatic rings. The first-order valence-electron chi connectivity index (χ1n) is 6.83. The highest BCUT2D eigenvalue weighted by molar-refractivity contribution is 5.78. The summed E-state index contributed by atoms with van der Waals surface area (Å²) in [6.45, 7) is 8.31. The van der Waals surface area contributed by atoms with Crippen LogP contribution in [0.25, 0.3) is 0 Å². The van der Waals surface area contributed by atoms with Gasteiger partial charge in [-0.2, -0.15) is 0 Å². The molecule has 0 radical (unpaired) electrons. The molecule has 0 aromatic rings. The molecule has 2 saturated heterocycles. The van der Waals surface area contributed by atoms with Gasteiger partial charge in [0.2, 0.25) is 5.91 Å². The minimum atomic E-state index is 0.129. The number of amides is 1. The summed E-state index contributed by atoms with van der Waals surface area (Å²) in [6.07, 6.45) is 2.07. The molecule has 0 aliphatic carbocycles. The van der Waals surface area contributed by atoms with Crippen molar-refractivity contribution in [2.45, 2.75) is 19.8 Å². The van der Waals surface area contributed by atoms with Crippen LogP contribution in [0.3, 0.4) is 0 Å². The van der Waals surface area contributed by atoms with Gasteiger partial charge in [0.1, 0.15) is 0 Å². The van der Waals surface area contributed by atoms with Crippen molar-refractivity contribution in [3.05, 3.63) is 0 Å². The zero-order chi connectivity index (χ0) is 12.8. The van der Waals surface area contributed by atoms with E-state index in [0.717, 1.165) is 58.9 Å². The first-order valence-corrected chi connectivity index (χ1v) is 6.83. The molecule has 2 heterocycles. The monoisotopic (exact) mass is 256 g/mol. The zero-order valence-corrected chi connectivity index (χ0v) is 11.2. The van der Waals surface area contributed by atoms with Gasteiger partial charge < -0.3 is 14.8 Å². The lowest BCUT2D eigenvalue weighted by Gasteiger charge is -2.34. The molecule has 0 bridgehead atoms. The van der Waals surface area contributed by atoms with Gasteiger partial charge in [0.05, 0.1) is 19.8 Å². The molecule has 0 aromatic heterocycles. The molecular formula is C13H24N2O3. The second-order valence-electron chi connectivity index (χ2n) is 5.59. The number of nitrogens with zero attached hydrogens (tertiary/aromatic N) is 1. The number of ether oxygens (including phenoxy) is 2. The van der Waals surface area contributed by atoms with E-state index < -0.39 is 0 Å². The van der Waals surface area contributed by atoms with Gasteiger partial charge in [0.15, 0.2) is 0 Å². The summed E-state index contributed by atoms with van der Waals surface area (Å²) in [5.74, 6) is 0.129. The Hall–Kier alpha value is -0.650. The maximum Gasteiger partial charge on any atom is 0.234 e. The van der Waals surface area contributed by atoms with Gasteiger partial charge in [-0.05, 0) is 18.3 Å². The molecular weight excluding hydrogens is 232 g/mol. The maximum atomic E-state index is 11.9. The number of nitrogens with one attached hydrogen (secondary N) is 1. The minimum absolute atomic E-state index is 0.129. The summed E-state index contributed by atoms with van der Waals surface area (Å²) in [7, 11) is 0. The highest BCUT2D eigenvalue weighted by Gasteiger charge is 2.27. The van der Waals surface area contributed by atoms with E-state index in [0.29, 0.717) is 6.54 Å². The van der Waals surface area contributed by atoms with Crippen molar-refractivity contribution in [1.82, 2.24) is 10.2 Å². The van der Waals surface area contributed by atoms with Crippen molar-refractivity contribution in [2.75, 3.05) is 52.6 Å². The van der Waals surface area contributed by atoms with Gasteiger partial charge in [0.25, 0.3) is 0 Å². The van der Waals surface area contributed by atoms with Crippen molar-refractivity contribution in [3.63, 3.8) is 0 Å². The van der Waals surface area contributed by atoms with Crippen molar-refractivity contribution in [1.29, 1.82) is 0 Å². The third-order valence-corrected chi connectivity index (χ3v) is 3.88. The lowest BCUT2D eigenvalue weighted by Crippen LogP contribution is -2.46. The lowest BCUT2D eigenvalue weighted by molar-refractivity contribution is -0.124. The number of rotatable bonds is 4. The van der Waals surface area contributed by atoms with Crippen LogP contribution >= 0.6 is 0 Å². The SMILES string of the molecule is CC1(CNC(=O)CN2CCOCC2)CCOCC1. The van der Waals surface area contributed by atoms with Crippen molar-refractivity contribution in [3.8, 4) is 0 Å². The molecule has 18 heavy (non-hydrogen) atoms. The quantitative estimate of drug-likeness (QED) is 0.783. The predicted molar refractivity (Wildman–Crippen MR) is 68.4 cm³/mol. The Bertz CT molecular complexity index is 271. The summed E-state index contributed by atoms with van der Waals surface area (Å²) in [6, 6.07) is 0. The normalized spacial score (nSPS) is 24.7. The summed E-state index contributed by atoms with van der Waals surface area (Å²) in [5.41, 5.74) is 0.207. The molecule has 0 atom stereocenters. The molecule has 5 heteroatoms. The fourth-order valence-electron chi connectivity index (χ4n) is 2.37. The van der Waals surface area contributed by atoms with Gasteiger partial charge >= 0.3 is 0 Å². The van der Waals surface area contributed by atoms with Gasteiger partial charge in [-0.15, -0.1) is 0 Å². The predicted octanol–water partition coefficient (Wildman–Crippen LogP) is 0.252. The lowest BCUT2D eigenvalue weighted by atomic mass is 9.82. The fourth-order valence-corrected chi connectivity index (χ4v) is 2.37. The van der Waals surface area contributed by atoms with Crippen LogP contribution in [0.15, 0.2) is 0 Å². The van der Waals surface area contributed by atoms with E-state index in [1.165, 1.54) is 0 Å². The average Bonchev–Trinajstić information content (AvgIpc) is 2.39. The second kappa shape index (κ2) is 6.50. The molecule has 2 fully saturated rings. The number of morpholine rings is 1. The van der Waals surface area contributed by atoms with E-state index >= 15 is 0 Å². The van der Waals surface area contributed by atoms with Crippen molar-refractivity contribution >= 4 is 5.91 Å². The smallest absolute Gasteiger partial charge is 0.234 e. The van der Waals surface area contributed by atoms with E-state index in [9.17, 15) is 4.79 Å². The highest BCUT2D eigenvalue weighted by Crippen LogP contribution is 2.28. The number of hydrogen-bond donors (Lipinski definition) is 1. The van der Waals surface area contributed by atoms with Crippen LogP contribution in [0.5, 0.6) is 0 Å². The van der Waals surface area contributed by atoms with Gasteiger partial charge in [-0.1, -0.05) is 6.92 Å². The van der Waals surface area contributed by atoms with Crippen LogP contribution in [-0.4, -0.2) is 63.4 Å². The Morgan fingerprint density at radius 1 is 1.17 bits per heavy atom. The van der Waals surface area contributed by atoms with Crippen molar-refractivity contribution in [2.24, 2.45) is 5.41 Å². The van der Waals surface area contributed by atoms with Crippen LogP contribution < -0.4 is 5.32 Å².